The second-order valence-corrected chi connectivity index (χ2v) is 6.46. The van der Waals surface area contributed by atoms with Crippen molar-refractivity contribution < 1.29 is 17.9 Å². The molecule has 0 saturated carbocycles. The van der Waals surface area contributed by atoms with Crippen LogP contribution < -0.4 is 19.5 Å². The van der Waals surface area contributed by atoms with Crippen molar-refractivity contribution in [2.75, 3.05) is 19.9 Å². The lowest BCUT2D eigenvalue weighted by Gasteiger charge is -2.14. The van der Waals surface area contributed by atoms with Crippen molar-refractivity contribution in [1.29, 1.82) is 0 Å². The molecule has 8 heteroatoms. The molecule has 0 bridgehead atoms. The van der Waals surface area contributed by atoms with E-state index in [0.29, 0.717) is 23.6 Å². The third-order valence-corrected chi connectivity index (χ3v) is 5.00. The van der Waals surface area contributed by atoms with Gasteiger partial charge in [-0.3, -0.25) is 0 Å². The topological polar surface area (TPSA) is 76.7 Å². The summed E-state index contributed by atoms with van der Waals surface area (Å²) in [6.45, 7) is 3.40. The fourth-order valence-corrected chi connectivity index (χ4v) is 3.86. The Bertz CT molecular complexity index is 600. The first kappa shape index (κ1) is 15.4. The minimum absolute atomic E-state index is 0. The number of nitrogens with one attached hydrogen (secondary N) is 2. The first-order chi connectivity index (χ1) is 9.06. The Morgan fingerprint density at radius 2 is 2.00 bits per heavy atom. The van der Waals surface area contributed by atoms with Crippen LogP contribution in [-0.4, -0.2) is 34.3 Å². The monoisotopic (exact) mass is 320 g/mol. The molecular formula is C12H17ClN2O4S. The van der Waals surface area contributed by atoms with E-state index < -0.39 is 10.0 Å². The van der Waals surface area contributed by atoms with Gasteiger partial charge in [0, 0.05) is 18.7 Å². The zero-order valence-corrected chi connectivity index (χ0v) is 12.6. The van der Waals surface area contributed by atoms with Crippen molar-refractivity contribution in [3.8, 4) is 11.5 Å². The summed E-state index contributed by atoms with van der Waals surface area (Å²) in [5, 5.41) is 3.13. The molecule has 6 nitrogen and oxygen atoms in total. The molecule has 0 radical (unpaired) electrons. The molecule has 20 heavy (non-hydrogen) atoms. The minimum Gasteiger partial charge on any atom is -0.454 e. The number of hydrogen-bond donors (Lipinski definition) is 2. The quantitative estimate of drug-likeness (QED) is 0.861. The van der Waals surface area contributed by atoms with Gasteiger partial charge in [0.2, 0.25) is 16.8 Å². The lowest BCUT2D eigenvalue weighted by molar-refractivity contribution is 0.174. The number of aryl methyl sites for hydroxylation is 1. The van der Waals surface area contributed by atoms with Crippen LogP contribution in [0.5, 0.6) is 11.5 Å². The highest BCUT2D eigenvalue weighted by Gasteiger charge is 2.26. The van der Waals surface area contributed by atoms with Gasteiger partial charge in [0.25, 0.3) is 0 Å². The Hall–Kier alpha value is -1.02. The SMILES string of the molecule is Cc1cc2c(cc1S(=O)(=O)NC1CCNC1)OCO2.Cl. The van der Waals surface area contributed by atoms with Gasteiger partial charge < -0.3 is 14.8 Å². The molecule has 2 heterocycles. The summed E-state index contributed by atoms with van der Waals surface area (Å²) in [4.78, 5) is 0.253. The van der Waals surface area contributed by atoms with E-state index in [1.165, 1.54) is 6.07 Å². The molecule has 3 rings (SSSR count). The van der Waals surface area contributed by atoms with Crippen molar-refractivity contribution in [3.63, 3.8) is 0 Å². The maximum absolute atomic E-state index is 12.4. The van der Waals surface area contributed by atoms with Crippen LogP contribution in [0.2, 0.25) is 0 Å². The zero-order chi connectivity index (χ0) is 13.5. The summed E-state index contributed by atoms with van der Waals surface area (Å²) in [6.07, 6.45) is 0.808. The zero-order valence-electron chi connectivity index (χ0n) is 11.0. The Morgan fingerprint density at radius 3 is 2.65 bits per heavy atom. The molecule has 0 aromatic heterocycles. The Balaban J connectivity index is 0.00000147. The number of halogens is 1. The summed E-state index contributed by atoms with van der Waals surface area (Å²) in [6, 6.07) is 3.18. The molecule has 1 unspecified atom stereocenters. The van der Waals surface area contributed by atoms with E-state index in [4.69, 9.17) is 9.47 Å². The number of sulfonamides is 1. The van der Waals surface area contributed by atoms with Gasteiger partial charge in [-0.2, -0.15) is 0 Å². The van der Waals surface area contributed by atoms with Crippen LogP contribution in [0.3, 0.4) is 0 Å². The maximum atomic E-state index is 12.4. The van der Waals surface area contributed by atoms with Crippen LogP contribution in [0.15, 0.2) is 17.0 Å². The second kappa shape index (κ2) is 5.77. The van der Waals surface area contributed by atoms with Gasteiger partial charge in [-0.1, -0.05) is 0 Å². The van der Waals surface area contributed by atoms with Gasteiger partial charge >= 0.3 is 0 Å². The molecule has 2 aliphatic rings. The molecule has 2 aliphatic heterocycles. The molecule has 2 N–H and O–H groups in total. The third kappa shape index (κ3) is 2.85. The van der Waals surface area contributed by atoms with Crippen LogP contribution in [0.4, 0.5) is 0 Å². The van der Waals surface area contributed by atoms with Crippen molar-refractivity contribution in [1.82, 2.24) is 10.0 Å². The average molecular weight is 321 g/mol. The molecule has 1 aromatic rings. The first-order valence-electron chi connectivity index (χ1n) is 6.19. The number of ether oxygens (including phenoxy) is 2. The van der Waals surface area contributed by atoms with Crippen molar-refractivity contribution >= 4 is 22.4 Å². The molecule has 0 aliphatic carbocycles. The van der Waals surface area contributed by atoms with E-state index in [2.05, 4.69) is 10.0 Å². The number of hydrogen-bond acceptors (Lipinski definition) is 5. The highest BCUT2D eigenvalue weighted by molar-refractivity contribution is 7.89. The Morgan fingerprint density at radius 1 is 1.30 bits per heavy atom. The number of benzene rings is 1. The smallest absolute Gasteiger partial charge is 0.241 e. The molecule has 1 saturated heterocycles. The lowest BCUT2D eigenvalue weighted by Crippen LogP contribution is -2.36. The molecule has 0 spiro atoms. The van der Waals surface area contributed by atoms with E-state index in [1.807, 2.05) is 0 Å². The third-order valence-electron chi connectivity index (χ3n) is 3.34. The van der Waals surface area contributed by atoms with Crippen LogP contribution in [0.25, 0.3) is 0 Å². The van der Waals surface area contributed by atoms with Gasteiger partial charge in [0.1, 0.15) is 0 Å². The Labute approximate surface area is 124 Å². The normalized spacial score (nSPS) is 20.8. The highest BCUT2D eigenvalue weighted by atomic mass is 35.5. The second-order valence-electron chi connectivity index (χ2n) is 4.78. The van der Waals surface area contributed by atoms with Crippen molar-refractivity contribution in [2.24, 2.45) is 0 Å². The van der Waals surface area contributed by atoms with Gasteiger partial charge in [-0.25, -0.2) is 13.1 Å². The number of fused-ring (bicyclic) bond motifs is 1. The predicted molar refractivity (Wildman–Crippen MR) is 76.1 cm³/mol. The molecule has 1 fully saturated rings. The van der Waals surface area contributed by atoms with Crippen LogP contribution >= 0.6 is 12.4 Å². The molecule has 1 aromatic carbocycles. The number of rotatable bonds is 3. The van der Waals surface area contributed by atoms with Gasteiger partial charge in [-0.15, -0.1) is 12.4 Å². The van der Waals surface area contributed by atoms with E-state index in [-0.39, 0.29) is 30.1 Å². The van der Waals surface area contributed by atoms with E-state index >= 15 is 0 Å². The molecule has 112 valence electrons. The lowest BCUT2D eigenvalue weighted by atomic mass is 10.2. The summed E-state index contributed by atoms with van der Waals surface area (Å²) >= 11 is 0. The molecule has 0 amide bonds. The molecule has 1 atom stereocenters. The summed E-state index contributed by atoms with van der Waals surface area (Å²) < 4.78 is 37.9. The van der Waals surface area contributed by atoms with E-state index in [9.17, 15) is 8.42 Å². The Kier molecular flexibility index (Phi) is 4.43. The van der Waals surface area contributed by atoms with Gasteiger partial charge in [0.15, 0.2) is 11.5 Å². The summed E-state index contributed by atoms with van der Waals surface area (Å²) in [5.41, 5.74) is 0.655. The van der Waals surface area contributed by atoms with Crippen LogP contribution in [0, 0.1) is 6.92 Å². The largest absolute Gasteiger partial charge is 0.454 e. The van der Waals surface area contributed by atoms with E-state index in [0.717, 1.165) is 13.0 Å². The summed E-state index contributed by atoms with van der Waals surface area (Å²) in [7, 11) is -3.52. The van der Waals surface area contributed by atoms with Crippen LogP contribution in [0.1, 0.15) is 12.0 Å². The average Bonchev–Trinajstić information content (AvgIpc) is 2.97. The fourth-order valence-electron chi connectivity index (χ4n) is 2.35. The first-order valence-corrected chi connectivity index (χ1v) is 7.68. The predicted octanol–water partition coefficient (Wildman–Crippen LogP) is 0.786. The van der Waals surface area contributed by atoms with Crippen molar-refractivity contribution in [3.05, 3.63) is 17.7 Å². The fraction of sp³-hybridized carbons (Fsp3) is 0.500. The van der Waals surface area contributed by atoms with Crippen LogP contribution in [-0.2, 0) is 10.0 Å². The van der Waals surface area contributed by atoms with Crippen molar-refractivity contribution in [2.45, 2.75) is 24.3 Å². The highest BCUT2D eigenvalue weighted by Crippen LogP contribution is 2.36. The van der Waals surface area contributed by atoms with E-state index in [1.54, 1.807) is 13.0 Å². The van der Waals surface area contributed by atoms with Gasteiger partial charge in [0.05, 0.1) is 4.90 Å². The van der Waals surface area contributed by atoms with Gasteiger partial charge in [-0.05, 0) is 31.5 Å². The summed E-state index contributed by atoms with van der Waals surface area (Å²) in [5.74, 6) is 1.08. The minimum atomic E-state index is -3.52. The standard InChI is InChI=1S/C12H16N2O4S.ClH/c1-8-4-10-11(18-7-17-10)5-12(8)19(15,16)14-9-2-3-13-6-9;/h4-5,9,13-14H,2-3,6-7H2,1H3;1H. The molecular weight excluding hydrogens is 304 g/mol. The maximum Gasteiger partial charge on any atom is 0.241 e.